The van der Waals surface area contributed by atoms with Crippen molar-refractivity contribution in [2.75, 3.05) is 19.6 Å². The van der Waals surface area contributed by atoms with Crippen LogP contribution in [0.2, 0.25) is 0 Å². The molecule has 3 heterocycles. The highest BCUT2D eigenvalue weighted by Crippen LogP contribution is 2.32. The van der Waals surface area contributed by atoms with Gasteiger partial charge in [0.1, 0.15) is 6.04 Å². The van der Waals surface area contributed by atoms with Crippen molar-refractivity contribution in [1.82, 2.24) is 9.80 Å². The Hall–Kier alpha value is -1.65. The third-order valence-electron chi connectivity index (χ3n) is 5.22. The lowest BCUT2D eigenvalue weighted by Gasteiger charge is -2.38. The van der Waals surface area contributed by atoms with E-state index >= 15 is 0 Å². The number of hydrogen-bond acceptors (Lipinski definition) is 3. The molecule has 0 N–H and O–H groups in total. The fourth-order valence-corrected chi connectivity index (χ4v) is 4.81. The Morgan fingerprint density at radius 1 is 1.00 bits per heavy atom. The molecule has 2 aliphatic heterocycles. The van der Waals surface area contributed by atoms with Crippen LogP contribution in [0, 0.1) is 0 Å². The quantitative estimate of drug-likeness (QED) is 0.847. The van der Waals surface area contributed by atoms with Crippen LogP contribution in [0.3, 0.4) is 0 Å². The third-order valence-corrected chi connectivity index (χ3v) is 6.24. The molecule has 0 saturated carbocycles. The molecule has 0 spiro atoms. The number of thiophene rings is 1. The molecule has 1 unspecified atom stereocenters. The predicted octanol–water partition coefficient (Wildman–Crippen LogP) is 3.86. The second-order valence-electron chi connectivity index (χ2n) is 6.79. The minimum Gasteiger partial charge on any atom is -0.341 e. The summed E-state index contributed by atoms with van der Waals surface area (Å²) >= 11 is 1.85. The van der Waals surface area contributed by atoms with Crippen LogP contribution in [-0.4, -0.2) is 35.3 Å². The van der Waals surface area contributed by atoms with Crippen molar-refractivity contribution in [3.8, 4) is 0 Å². The van der Waals surface area contributed by atoms with Crippen molar-refractivity contribution in [3.05, 3.63) is 57.8 Å². The number of piperidine rings is 1. The summed E-state index contributed by atoms with van der Waals surface area (Å²) in [5.74, 6) is 0.291. The highest BCUT2D eigenvalue weighted by Gasteiger charge is 2.33. The van der Waals surface area contributed by atoms with Crippen LogP contribution in [0.25, 0.3) is 0 Å². The van der Waals surface area contributed by atoms with Gasteiger partial charge in [0.25, 0.3) is 0 Å². The first-order valence-electron chi connectivity index (χ1n) is 8.96. The molecule has 1 saturated heterocycles. The molecule has 1 atom stereocenters. The van der Waals surface area contributed by atoms with E-state index in [1.807, 2.05) is 29.5 Å². The number of rotatable bonds is 3. The van der Waals surface area contributed by atoms with Gasteiger partial charge < -0.3 is 4.90 Å². The molecule has 0 radical (unpaired) electrons. The molecule has 1 aromatic heterocycles. The van der Waals surface area contributed by atoms with Gasteiger partial charge in [-0.05, 0) is 48.3 Å². The van der Waals surface area contributed by atoms with Crippen LogP contribution in [-0.2, 0) is 17.8 Å². The van der Waals surface area contributed by atoms with Gasteiger partial charge in [-0.15, -0.1) is 11.3 Å². The molecular formula is C20H24N2OS. The Balaban J connectivity index is 1.62. The number of carbonyl (C=O) groups excluding carboxylic acids is 1. The third kappa shape index (κ3) is 3.13. The summed E-state index contributed by atoms with van der Waals surface area (Å²) in [5, 5.41) is 2.18. The zero-order chi connectivity index (χ0) is 16.4. The maximum Gasteiger partial charge on any atom is 0.244 e. The average Bonchev–Trinajstić information content (AvgIpc) is 3.11. The SMILES string of the molecule is O=C(C(c1ccccc1)N1CCc2sccc2C1)N1CCCCC1. The van der Waals surface area contributed by atoms with Gasteiger partial charge in [-0.3, -0.25) is 9.69 Å². The summed E-state index contributed by atoms with van der Waals surface area (Å²) in [4.78, 5) is 19.3. The minimum absolute atomic E-state index is 0.141. The topological polar surface area (TPSA) is 23.6 Å². The van der Waals surface area contributed by atoms with Gasteiger partial charge in [0.05, 0.1) is 0 Å². The number of likely N-dealkylation sites (tertiary alicyclic amines) is 1. The zero-order valence-electron chi connectivity index (χ0n) is 14.0. The number of fused-ring (bicyclic) bond motifs is 1. The summed E-state index contributed by atoms with van der Waals surface area (Å²) in [6, 6.07) is 12.4. The standard InChI is InChI=1S/C20H24N2OS/c23-20(21-11-5-2-6-12-21)19(16-7-3-1-4-8-16)22-13-9-18-17(15-22)10-14-24-18/h1,3-4,7-8,10,14,19H,2,5-6,9,11-13,15H2. The number of carbonyl (C=O) groups is 1. The molecule has 2 aliphatic rings. The van der Waals surface area contributed by atoms with Gasteiger partial charge in [0.15, 0.2) is 0 Å². The minimum atomic E-state index is -0.141. The molecular weight excluding hydrogens is 316 g/mol. The molecule has 0 aliphatic carbocycles. The maximum absolute atomic E-state index is 13.3. The van der Waals surface area contributed by atoms with Gasteiger partial charge in [-0.1, -0.05) is 30.3 Å². The van der Waals surface area contributed by atoms with Crippen LogP contribution >= 0.6 is 11.3 Å². The van der Waals surface area contributed by atoms with E-state index in [2.05, 4.69) is 33.4 Å². The lowest BCUT2D eigenvalue weighted by Crippen LogP contribution is -2.46. The van der Waals surface area contributed by atoms with Crippen LogP contribution in [0.5, 0.6) is 0 Å². The van der Waals surface area contributed by atoms with Crippen LogP contribution in [0.4, 0.5) is 0 Å². The Bertz CT molecular complexity index is 691. The highest BCUT2D eigenvalue weighted by atomic mass is 32.1. The van der Waals surface area contributed by atoms with Gasteiger partial charge in [-0.25, -0.2) is 0 Å². The second-order valence-corrected chi connectivity index (χ2v) is 7.79. The first-order chi connectivity index (χ1) is 11.8. The summed E-state index contributed by atoms with van der Waals surface area (Å²) in [6.45, 7) is 3.68. The molecule has 3 nitrogen and oxygen atoms in total. The molecule has 1 fully saturated rings. The number of hydrogen-bond donors (Lipinski definition) is 0. The summed E-state index contributed by atoms with van der Waals surface area (Å²) in [5.41, 5.74) is 2.53. The Kier molecular flexibility index (Phi) is 4.67. The largest absolute Gasteiger partial charge is 0.341 e. The van der Waals surface area contributed by atoms with E-state index in [-0.39, 0.29) is 6.04 Å². The van der Waals surface area contributed by atoms with Crippen molar-refractivity contribution < 1.29 is 4.79 Å². The van der Waals surface area contributed by atoms with Crippen molar-refractivity contribution in [3.63, 3.8) is 0 Å². The summed E-state index contributed by atoms with van der Waals surface area (Å²) in [6.07, 6.45) is 4.59. The predicted molar refractivity (Wildman–Crippen MR) is 98.0 cm³/mol. The van der Waals surface area contributed by atoms with Crippen molar-refractivity contribution in [2.24, 2.45) is 0 Å². The molecule has 4 heteroatoms. The van der Waals surface area contributed by atoms with Gasteiger partial charge in [-0.2, -0.15) is 0 Å². The number of amides is 1. The van der Waals surface area contributed by atoms with Gasteiger partial charge in [0, 0.05) is 31.1 Å². The fourth-order valence-electron chi connectivity index (χ4n) is 3.92. The smallest absolute Gasteiger partial charge is 0.244 e. The van der Waals surface area contributed by atoms with E-state index in [9.17, 15) is 4.79 Å². The van der Waals surface area contributed by atoms with Crippen LogP contribution < -0.4 is 0 Å². The van der Waals surface area contributed by atoms with Crippen molar-refractivity contribution >= 4 is 17.2 Å². The highest BCUT2D eigenvalue weighted by molar-refractivity contribution is 7.10. The first-order valence-corrected chi connectivity index (χ1v) is 9.84. The summed E-state index contributed by atoms with van der Waals surface area (Å²) < 4.78 is 0. The number of benzene rings is 1. The van der Waals surface area contributed by atoms with Crippen molar-refractivity contribution in [1.29, 1.82) is 0 Å². The van der Waals surface area contributed by atoms with E-state index in [1.165, 1.54) is 16.9 Å². The average molecular weight is 340 g/mol. The second kappa shape index (κ2) is 7.08. The lowest BCUT2D eigenvalue weighted by atomic mass is 9.99. The Labute approximate surface area is 147 Å². The first kappa shape index (κ1) is 15.9. The monoisotopic (exact) mass is 340 g/mol. The molecule has 24 heavy (non-hydrogen) atoms. The van der Waals surface area contributed by atoms with Crippen LogP contribution in [0.1, 0.15) is 41.3 Å². The van der Waals surface area contributed by atoms with E-state index in [0.717, 1.165) is 51.0 Å². The Morgan fingerprint density at radius 2 is 1.79 bits per heavy atom. The zero-order valence-corrected chi connectivity index (χ0v) is 14.8. The lowest BCUT2D eigenvalue weighted by molar-refractivity contribution is -0.138. The van der Waals surface area contributed by atoms with E-state index < -0.39 is 0 Å². The normalized spacial score (nSPS) is 19.8. The van der Waals surface area contributed by atoms with Crippen LogP contribution in [0.15, 0.2) is 41.8 Å². The summed E-state index contributed by atoms with van der Waals surface area (Å²) in [7, 11) is 0. The molecule has 0 bridgehead atoms. The molecule has 2 aromatic rings. The van der Waals surface area contributed by atoms with E-state index in [0.29, 0.717) is 5.91 Å². The van der Waals surface area contributed by atoms with E-state index in [1.54, 1.807) is 0 Å². The molecule has 1 amide bonds. The molecule has 1 aromatic carbocycles. The molecule has 4 rings (SSSR count). The fraction of sp³-hybridized carbons (Fsp3) is 0.450. The molecule has 126 valence electrons. The Morgan fingerprint density at radius 3 is 2.58 bits per heavy atom. The van der Waals surface area contributed by atoms with E-state index in [4.69, 9.17) is 0 Å². The van der Waals surface area contributed by atoms with Crippen molar-refractivity contribution in [2.45, 2.75) is 38.3 Å². The number of nitrogens with zero attached hydrogens (tertiary/aromatic N) is 2. The van der Waals surface area contributed by atoms with Gasteiger partial charge in [0.2, 0.25) is 5.91 Å². The van der Waals surface area contributed by atoms with Gasteiger partial charge >= 0.3 is 0 Å². The maximum atomic E-state index is 13.3.